The van der Waals surface area contributed by atoms with Crippen LogP contribution in [-0.4, -0.2) is 30.6 Å². The number of nitrogens with one attached hydrogen (secondary N) is 2. The van der Waals surface area contributed by atoms with Gasteiger partial charge in [0.2, 0.25) is 5.91 Å². The number of anilines is 2. The molecule has 0 spiro atoms. The summed E-state index contributed by atoms with van der Waals surface area (Å²) in [6, 6.07) is 14.2. The minimum absolute atomic E-state index is 0.0754. The Hall–Kier alpha value is -2.93. The van der Waals surface area contributed by atoms with Crippen molar-refractivity contribution in [3.8, 4) is 5.75 Å². The Kier molecular flexibility index (Phi) is 8.15. The molecule has 0 fully saturated rings. The van der Waals surface area contributed by atoms with Gasteiger partial charge in [0, 0.05) is 30.9 Å². The molecule has 0 atom stereocenters. The number of thiocarbonyl (C=S) groups is 1. The largest absolute Gasteiger partial charge is 0.494 e. The predicted octanol–water partition coefficient (Wildman–Crippen LogP) is 4.22. The molecule has 6 nitrogen and oxygen atoms in total. The fourth-order valence-corrected chi connectivity index (χ4v) is 2.66. The molecule has 29 heavy (non-hydrogen) atoms. The Balaban J connectivity index is 1.96. The van der Waals surface area contributed by atoms with E-state index in [4.69, 9.17) is 17.0 Å². The molecule has 0 saturated carbocycles. The van der Waals surface area contributed by atoms with Gasteiger partial charge in [-0.25, -0.2) is 0 Å². The summed E-state index contributed by atoms with van der Waals surface area (Å²) >= 11 is 5.25. The maximum Gasteiger partial charge on any atom is 0.257 e. The van der Waals surface area contributed by atoms with Gasteiger partial charge >= 0.3 is 0 Å². The first-order valence-electron chi connectivity index (χ1n) is 9.46. The molecule has 154 valence electrons. The van der Waals surface area contributed by atoms with E-state index in [2.05, 4.69) is 24.5 Å². The summed E-state index contributed by atoms with van der Waals surface area (Å²) in [6.07, 6.45) is 0.947. The molecule has 0 aliphatic carbocycles. The number of benzene rings is 2. The van der Waals surface area contributed by atoms with Crippen molar-refractivity contribution < 1.29 is 14.3 Å². The first kappa shape index (κ1) is 22.4. The molecular weight excluding hydrogens is 386 g/mol. The van der Waals surface area contributed by atoms with Crippen LogP contribution in [0.15, 0.2) is 48.5 Å². The van der Waals surface area contributed by atoms with E-state index in [0.29, 0.717) is 29.5 Å². The molecule has 0 unspecified atom stereocenters. The van der Waals surface area contributed by atoms with Gasteiger partial charge in [0.25, 0.3) is 5.91 Å². The summed E-state index contributed by atoms with van der Waals surface area (Å²) in [5, 5.41) is 5.80. The van der Waals surface area contributed by atoms with Gasteiger partial charge in [-0.1, -0.05) is 26.0 Å². The third kappa shape index (κ3) is 7.19. The highest BCUT2D eigenvalue weighted by Gasteiger charge is 2.11. The quantitative estimate of drug-likeness (QED) is 0.665. The minimum Gasteiger partial charge on any atom is -0.494 e. The molecule has 2 amide bonds. The Bertz CT molecular complexity index is 883. The minimum atomic E-state index is -0.325. The summed E-state index contributed by atoms with van der Waals surface area (Å²) in [5.74, 6) is 0.804. The molecule has 7 heteroatoms. The van der Waals surface area contributed by atoms with E-state index in [1.807, 2.05) is 12.1 Å². The van der Waals surface area contributed by atoms with E-state index >= 15 is 0 Å². The van der Waals surface area contributed by atoms with Gasteiger partial charge in [0.05, 0.1) is 6.61 Å². The molecular formula is C22H27N3O3S. The highest BCUT2D eigenvalue weighted by atomic mass is 32.1. The molecule has 0 aliphatic heterocycles. The number of ether oxygens (including phenoxy) is 1. The van der Waals surface area contributed by atoms with Crippen molar-refractivity contribution >= 4 is 40.5 Å². The van der Waals surface area contributed by atoms with Crippen LogP contribution < -0.4 is 20.3 Å². The number of rotatable bonds is 7. The summed E-state index contributed by atoms with van der Waals surface area (Å²) in [7, 11) is 1.69. The second-order valence-electron chi connectivity index (χ2n) is 7.10. The maximum absolute atomic E-state index is 12.5. The summed E-state index contributed by atoms with van der Waals surface area (Å²) < 4.78 is 5.70. The van der Waals surface area contributed by atoms with Gasteiger partial charge < -0.3 is 15.0 Å². The smallest absolute Gasteiger partial charge is 0.257 e. The monoisotopic (exact) mass is 413 g/mol. The second-order valence-corrected chi connectivity index (χ2v) is 7.50. The van der Waals surface area contributed by atoms with Gasteiger partial charge in [-0.15, -0.1) is 0 Å². The van der Waals surface area contributed by atoms with E-state index < -0.39 is 0 Å². The lowest BCUT2D eigenvalue weighted by Gasteiger charge is -2.17. The molecule has 0 heterocycles. The van der Waals surface area contributed by atoms with Crippen LogP contribution in [-0.2, 0) is 4.79 Å². The van der Waals surface area contributed by atoms with Crippen LogP contribution in [0.2, 0.25) is 0 Å². The van der Waals surface area contributed by atoms with Crippen molar-refractivity contribution in [3.05, 3.63) is 54.1 Å². The lowest BCUT2D eigenvalue weighted by Crippen LogP contribution is -2.34. The van der Waals surface area contributed by atoms with Crippen molar-refractivity contribution in [3.63, 3.8) is 0 Å². The first-order chi connectivity index (χ1) is 13.8. The molecule has 2 aromatic carbocycles. The van der Waals surface area contributed by atoms with E-state index in [1.165, 1.54) is 11.8 Å². The number of hydrogen-bond acceptors (Lipinski definition) is 4. The normalized spacial score (nSPS) is 10.4. The Morgan fingerprint density at radius 1 is 1.14 bits per heavy atom. The standard InChI is InChI=1S/C22H27N3O3S/c1-15(2)11-12-28-20-10-5-7-17(13-20)21(27)24-22(29)23-18-8-6-9-19(14-18)25(4)16(3)26/h5-10,13-15H,11-12H2,1-4H3,(H2,23,24,27,29). The molecule has 2 aromatic rings. The highest BCUT2D eigenvalue weighted by molar-refractivity contribution is 7.80. The molecule has 2 rings (SSSR count). The third-order valence-corrected chi connectivity index (χ3v) is 4.46. The number of carbonyl (C=O) groups is 2. The SMILES string of the molecule is CC(=O)N(C)c1cccc(NC(=S)NC(=O)c2cccc(OCCC(C)C)c2)c1. The molecule has 0 radical (unpaired) electrons. The summed E-state index contributed by atoms with van der Waals surface area (Å²) in [6.45, 7) is 6.36. The second kappa shape index (κ2) is 10.6. The lowest BCUT2D eigenvalue weighted by atomic mass is 10.1. The van der Waals surface area contributed by atoms with Crippen LogP contribution in [0.5, 0.6) is 5.75 Å². The fourth-order valence-electron chi connectivity index (χ4n) is 2.45. The number of carbonyl (C=O) groups excluding carboxylic acids is 2. The van der Waals surface area contributed by atoms with E-state index in [-0.39, 0.29) is 16.9 Å². The van der Waals surface area contributed by atoms with Gasteiger partial charge in [-0.3, -0.25) is 14.9 Å². The third-order valence-electron chi connectivity index (χ3n) is 4.25. The van der Waals surface area contributed by atoms with Crippen LogP contribution in [0.4, 0.5) is 11.4 Å². The van der Waals surface area contributed by atoms with Crippen molar-refractivity contribution in [1.82, 2.24) is 5.32 Å². The molecule has 0 aromatic heterocycles. The van der Waals surface area contributed by atoms with E-state index in [9.17, 15) is 9.59 Å². The van der Waals surface area contributed by atoms with Crippen molar-refractivity contribution in [2.24, 2.45) is 5.92 Å². The molecule has 0 bridgehead atoms. The lowest BCUT2D eigenvalue weighted by molar-refractivity contribution is -0.116. The Morgan fingerprint density at radius 3 is 2.55 bits per heavy atom. The van der Waals surface area contributed by atoms with Gasteiger partial charge in [-0.05, 0) is 61.0 Å². The average molecular weight is 414 g/mol. The summed E-state index contributed by atoms with van der Waals surface area (Å²) in [4.78, 5) is 25.5. The molecule has 2 N–H and O–H groups in total. The number of amides is 2. The van der Waals surface area contributed by atoms with Gasteiger partial charge in [0.15, 0.2) is 5.11 Å². The zero-order valence-electron chi connectivity index (χ0n) is 17.2. The topological polar surface area (TPSA) is 70.7 Å². The van der Waals surface area contributed by atoms with Gasteiger partial charge in [0.1, 0.15) is 5.75 Å². The van der Waals surface area contributed by atoms with Crippen LogP contribution >= 0.6 is 12.2 Å². The fraction of sp³-hybridized carbons (Fsp3) is 0.318. The highest BCUT2D eigenvalue weighted by Crippen LogP contribution is 2.19. The van der Waals surface area contributed by atoms with E-state index in [1.54, 1.807) is 43.4 Å². The average Bonchev–Trinajstić information content (AvgIpc) is 2.67. The van der Waals surface area contributed by atoms with Crippen LogP contribution in [0, 0.1) is 5.92 Å². The van der Waals surface area contributed by atoms with Crippen LogP contribution in [0.1, 0.15) is 37.6 Å². The maximum atomic E-state index is 12.5. The predicted molar refractivity (Wildman–Crippen MR) is 121 cm³/mol. The van der Waals surface area contributed by atoms with Gasteiger partial charge in [-0.2, -0.15) is 0 Å². The molecule has 0 aliphatic rings. The Morgan fingerprint density at radius 2 is 1.86 bits per heavy atom. The Labute approximate surface area is 177 Å². The zero-order valence-corrected chi connectivity index (χ0v) is 18.0. The first-order valence-corrected chi connectivity index (χ1v) is 9.86. The van der Waals surface area contributed by atoms with Crippen LogP contribution in [0.25, 0.3) is 0 Å². The number of hydrogen-bond donors (Lipinski definition) is 2. The van der Waals surface area contributed by atoms with Crippen molar-refractivity contribution in [2.45, 2.75) is 27.2 Å². The zero-order chi connectivity index (χ0) is 21.4. The van der Waals surface area contributed by atoms with E-state index in [0.717, 1.165) is 12.1 Å². The molecule has 0 saturated heterocycles. The van der Waals surface area contributed by atoms with Crippen molar-refractivity contribution in [2.75, 3.05) is 23.9 Å². The number of nitrogens with zero attached hydrogens (tertiary/aromatic N) is 1. The van der Waals surface area contributed by atoms with Crippen molar-refractivity contribution in [1.29, 1.82) is 0 Å². The summed E-state index contributed by atoms with van der Waals surface area (Å²) in [5.41, 5.74) is 1.86. The van der Waals surface area contributed by atoms with Crippen LogP contribution in [0.3, 0.4) is 0 Å².